The van der Waals surface area contributed by atoms with Crippen LogP contribution in [0.25, 0.3) is 0 Å². The molecule has 0 aromatic heterocycles. The second-order valence-electron chi connectivity index (χ2n) is 5.49. The minimum absolute atomic E-state index is 0.0439. The van der Waals surface area contributed by atoms with Crippen molar-refractivity contribution in [1.29, 1.82) is 0 Å². The lowest BCUT2D eigenvalue weighted by Gasteiger charge is -2.31. The van der Waals surface area contributed by atoms with Crippen molar-refractivity contribution in [2.24, 2.45) is 17.6 Å². The molecule has 2 nitrogen and oxygen atoms in total. The smallest absolute Gasteiger partial charge is 0.0283 e. The average molecular weight is 198 g/mol. The van der Waals surface area contributed by atoms with Crippen molar-refractivity contribution in [3.05, 3.63) is 0 Å². The summed E-state index contributed by atoms with van der Waals surface area (Å²) in [4.78, 5) is 2.40. The molecule has 1 aliphatic rings. The van der Waals surface area contributed by atoms with Crippen LogP contribution in [0.15, 0.2) is 0 Å². The van der Waals surface area contributed by atoms with Crippen LogP contribution in [-0.2, 0) is 0 Å². The van der Waals surface area contributed by atoms with Crippen molar-refractivity contribution in [3.63, 3.8) is 0 Å². The molecule has 0 radical (unpaired) electrons. The van der Waals surface area contributed by atoms with Gasteiger partial charge in [-0.05, 0) is 38.6 Å². The molecule has 1 aliphatic carbocycles. The van der Waals surface area contributed by atoms with Gasteiger partial charge >= 0.3 is 0 Å². The first kappa shape index (κ1) is 12.0. The fourth-order valence-corrected chi connectivity index (χ4v) is 2.18. The monoisotopic (exact) mass is 198 g/mol. The van der Waals surface area contributed by atoms with Gasteiger partial charge in [0, 0.05) is 18.6 Å². The van der Waals surface area contributed by atoms with Crippen LogP contribution in [-0.4, -0.2) is 30.6 Å². The molecule has 14 heavy (non-hydrogen) atoms. The topological polar surface area (TPSA) is 29.3 Å². The van der Waals surface area contributed by atoms with Crippen molar-refractivity contribution in [2.45, 2.75) is 45.6 Å². The SMILES string of the molecule is CCC(C)CN(C)CC(C)(N)C1CC1. The Hall–Kier alpha value is -0.0800. The van der Waals surface area contributed by atoms with Crippen molar-refractivity contribution >= 4 is 0 Å². The maximum Gasteiger partial charge on any atom is 0.0283 e. The predicted molar refractivity (Wildman–Crippen MR) is 62.3 cm³/mol. The van der Waals surface area contributed by atoms with E-state index in [9.17, 15) is 0 Å². The van der Waals surface area contributed by atoms with Crippen molar-refractivity contribution in [2.75, 3.05) is 20.1 Å². The Kier molecular flexibility index (Phi) is 3.96. The molecule has 1 rings (SSSR count). The Morgan fingerprint density at radius 3 is 2.50 bits per heavy atom. The maximum atomic E-state index is 6.30. The van der Waals surface area contributed by atoms with Crippen LogP contribution in [0.2, 0.25) is 0 Å². The standard InChI is InChI=1S/C12H26N2/c1-5-10(2)8-14(4)9-12(3,13)11-6-7-11/h10-11H,5-9,13H2,1-4H3. The highest BCUT2D eigenvalue weighted by Crippen LogP contribution is 2.38. The van der Waals surface area contributed by atoms with E-state index < -0.39 is 0 Å². The van der Waals surface area contributed by atoms with Crippen molar-refractivity contribution in [1.82, 2.24) is 4.90 Å². The van der Waals surface area contributed by atoms with E-state index in [4.69, 9.17) is 5.73 Å². The lowest BCUT2D eigenvalue weighted by Crippen LogP contribution is -2.49. The molecule has 0 bridgehead atoms. The first-order valence-electron chi connectivity index (χ1n) is 5.93. The molecule has 0 saturated heterocycles. The van der Waals surface area contributed by atoms with Gasteiger partial charge in [-0.1, -0.05) is 20.3 Å². The molecule has 2 N–H and O–H groups in total. The summed E-state index contributed by atoms with van der Waals surface area (Å²) >= 11 is 0. The highest BCUT2D eigenvalue weighted by molar-refractivity contribution is 4.96. The third-order valence-electron chi connectivity index (χ3n) is 3.44. The van der Waals surface area contributed by atoms with Gasteiger partial charge in [-0.3, -0.25) is 0 Å². The minimum Gasteiger partial charge on any atom is -0.324 e. The number of hydrogen-bond acceptors (Lipinski definition) is 2. The van der Waals surface area contributed by atoms with E-state index >= 15 is 0 Å². The fourth-order valence-electron chi connectivity index (χ4n) is 2.18. The van der Waals surface area contributed by atoms with E-state index in [1.54, 1.807) is 0 Å². The molecule has 0 amide bonds. The maximum absolute atomic E-state index is 6.30. The molecule has 84 valence electrons. The lowest BCUT2D eigenvalue weighted by molar-refractivity contribution is 0.213. The molecule has 2 atom stereocenters. The summed E-state index contributed by atoms with van der Waals surface area (Å²) in [7, 11) is 2.19. The Morgan fingerprint density at radius 1 is 1.50 bits per heavy atom. The van der Waals surface area contributed by atoms with Crippen LogP contribution in [0, 0.1) is 11.8 Å². The van der Waals surface area contributed by atoms with Gasteiger partial charge in [-0.25, -0.2) is 0 Å². The quantitative estimate of drug-likeness (QED) is 0.708. The number of nitrogens with two attached hydrogens (primary N) is 1. The van der Waals surface area contributed by atoms with Crippen LogP contribution in [0.1, 0.15) is 40.0 Å². The first-order valence-corrected chi connectivity index (χ1v) is 5.93. The summed E-state index contributed by atoms with van der Waals surface area (Å²) in [6, 6.07) is 0. The van der Waals surface area contributed by atoms with Crippen molar-refractivity contribution < 1.29 is 0 Å². The number of hydrogen-bond donors (Lipinski definition) is 1. The highest BCUT2D eigenvalue weighted by Gasteiger charge is 2.38. The van der Waals surface area contributed by atoms with Gasteiger partial charge < -0.3 is 10.6 Å². The summed E-state index contributed by atoms with van der Waals surface area (Å²) in [5.41, 5.74) is 6.34. The van der Waals surface area contributed by atoms with Gasteiger partial charge in [0.2, 0.25) is 0 Å². The molecule has 0 aromatic carbocycles. The van der Waals surface area contributed by atoms with E-state index in [0.717, 1.165) is 18.4 Å². The number of likely N-dealkylation sites (N-methyl/N-ethyl adjacent to an activating group) is 1. The number of nitrogens with zero attached hydrogens (tertiary/aromatic N) is 1. The summed E-state index contributed by atoms with van der Waals surface area (Å²) in [5.74, 6) is 1.57. The van der Waals surface area contributed by atoms with Gasteiger partial charge in [0.05, 0.1) is 0 Å². The molecule has 0 spiro atoms. The molecule has 2 unspecified atom stereocenters. The largest absolute Gasteiger partial charge is 0.324 e. The Morgan fingerprint density at radius 2 is 2.07 bits per heavy atom. The zero-order valence-electron chi connectivity index (χ0n) is 10.2. The van der Waals surface area contributed by atoms with Crippen LogP contribution < -0.4 is 5.73 Å². The Bertz CT molecular complexity index is 173. The average Bonchev–Trinajstić information content (AvgIpc) is 2.84. The predicted octanol–water partition coefficient (Wildman–Crippen LogP) is 2.09. The third kappa shape index (κ3) is 3.58. The summed E-state index contributed by atoms with van der Waals surface area (Å²) in [5, 5.41) is 0. The molecule has 0 heterocycles. The Balaban J connectivity index is 2.28. The number of rotatable bonds is 6. The van der Waals surface area contributed by atoms with E-state index in [-0.39, 0.29) is 5.54 Å². The summed E-state index contributed by atoms with van der Waals surface area (Å²) in [6.45, 7) is 8.98. The van der Waals surface area contributed by atoms with E-state index in [2.05, 4.69) is 32.7 Å². The summed E-state index contributed by atoms with van der Waals surface area (Å²) in [6.07, 6.45) is 3.93. The Labute approximate surface area is 88.8 Å². The zero-order chi connectivity index (χ0) is 10.8. The molecule has 2 heteroatoms. The van der Waals surface area contributed by atoms with Crippen LogP contribution in [0.5, 0.6) is 0 Å². The molecular formula is C12H26N2. The van der Waals surface area contributed by atoms with Gasteiger partial charge in [0.15, 0.2) is 0 Å². The first-order chi connectivity index (χ1) is 6.45. The van der Waals surface area contributed by atoms with Gasteiger partial charge in [-0.2, -0.15) is 0 Å². The van der Waals surface area contributed by atoms with E-state index in [1.165, 1.54) is 25.8 Å². The van der Waals surface area contributed by atoms with Gasteiger partial charge in [0.25, 0.3) is 0 Å². The second-order valence-corrected chi connectivity index (χ2v) is 5.49. The van der Waals surface area contributed by atoms with Crippen LogP contribution >= 0.6 is 0 Å². The van der Waals surface area contributed by atoms with Crippen LogP contribution in [0.4, 0.5) is 0 Å². The zero-order valence-corrected chi connectivity index (χ0v) is 10.2. The molecular weight excluding hydrogens is 172 g/mol. The highest BCUT2D eigenvalue weighted by atomic mass is 15.1. The van der Waals surface area contributed by atoms with E-state index in [1.807, 2.05) is 0 Å². The van der Waals surface area contributed by atoms with Gasteiger partial charge in [-0.15, -0.1) is 0 Å². The van der Waals surface area contributed by atoms with E-state index in [0.29, 0.717) is 0 Å². The van der Waals surface area contributed by atoms with Gasteiger partial charge in [0.1, 0.15) is 0 Å². The lowest BCUT2D eigenvalue weighted by atomic mass is 9.96. The minimum atomic E-state index is 0.0439. The van der Waals surface area contributed by atoms with Crippen LogP contribution in [0.3, 0.4) is 0 Å². The fraction of sp³-hybridized carbons (Fsp3) is 1.00. The molecule has 0 aliphatic heterocycles. The third-order valence-corrected chi connectivity index (χ3v) is 3.44. The molecule has 1 saturated carbocycles. The normalized spacial score (nSPS) is 23.6. The molecule has 1 fully saturated rings. The molecule has 0 aromatic rings. The summed E-state index contributed by atoms with van der Waals surface area (Å²) < 4.78 is 0. The second kappa shape index (κ2) is 4.63. The van der Waals surface area contributed by atoms with Crippen molar-refractivity contribution in [3.8, 4) is 0 Å².